The molecule has 5 N–H and O–H groups in total. The number of rotatable bonds is 6. The van der Waals surface area contributed by atoms with Gasteiger partial charge in [-0.15, -0.1) is 0 Å². The summed E-state index contributed by atoms with van der Waals surface area (Å²) in [5.74, 6) is 0.741. The Bertz CT molecular complexity index is 1590. The van der Waals surface area contributed by atoms with Gasteiger partial charge in [0.15, 0.2) is 5.17 Å². The largest absolute Gasteiger partial charge is 0.379 e. The van der Waals surface area contributed by atoms with E-state index in [1.807, 2.05) is 54.7 Å². The zero-order valence-electron chi connectivity index (χ0n) is 17.6. The number of nitrogens with zero attached hydrogens (tertiary/aromatic N) is 3. The fourth-order valence-corrected chi connectivity index (χ4v) is 4.77. The number of aryl methyl sites for hydroxylation is 1. The first-order chi connectivity index (χ1) is 16.1. The second-order valence-electron chi connectivity index (χ2n) is 7.64. The van der Waals surface area contributed by atoms with Gasteiger partial charge in [-0.1, -0.05) is 48.2 Å². The molecule has 9 heteroatoms. The highest BCUT2D eigenvalue weighted by Gasteiger charge is 2.23. The molecule has 3 heterocycles. The van der Waals surface area contributed by atoms with Crippen molar-refractivity contribution in [2.45, 2.75) is 13.0 Å². The van der Waals surface area contributed by atoms with Gasteiger partial charge in [0.2, 0.25) is 0 Å². The molecule has 5 aromatic rings. The maximum Gasteiger partial charge on any atom is 0.331 e. The standard InChI is InChI=1S/C24H21N7OS/c25-12-19-22(31(24(32)29-19)21-13-28-18-8-3-1-7-16(18)21)17-14-30(10-5-11-33-23(26)27)20-9-4-2-6-15(17)20/h1-4,6-9,13-14,28H,5,10-11H2,(H3,26,27)(H,29,32). The second-order valence-corrected chi connectivity index (χ2v) is 8.78. The molecule has 0 amide bonds. The zero-order valence-corrected chi connectivity index (χ0v) is 18.4. The first-order valence-corrected chi connectivity index (χ1v) is 11.4. The van der Waals surface area contributed by atoms with Crippen LogP contribution in [-0.2, 0) is 6.54 Å². The van der Waals surface area contributed by atoms with E-state index in [1.165, 1.54) is 11.8 Å². The number of nitriles is 1. The number of imidazole rings is 1. The maximum atomic E-state index is 13.1. The lowest BCUT2D eigenvalue weighted by Gasteiger charge is -2.06. The van der Waals surface area contributed by atoms with Gasteiger partial charge in [0.05, 0.1) is 11.4 Å². The maximum absolute atomic E-state index is 13.1. The van der Waals surface area contributed by atoms with E-state index in [-0.39, 0.29) is 16.6 Å². The molecule has 164 valence electrons. The Morgan fingerprint density at radius 1 is 1.15 bits per heavy atom. The van der Waals surface area contributed by atoms with Gasteiger partial charge in [0.25, 0.3) is 0 Å². The molecule has 0 aliphatic rings. The van der Waals surface area contributed by atoms with Crippen LogP contribution in [0.5, 0.6) is 0 Å². The van der Waals surface area contributed by atoms with E-state index < -0.39 is 0 Å². The van der Waals surface area contributed by atoms with E-state index in [4.69, 9.17) is 11.1 Å². The Labute approximate surface area is 193 Å². The molecule has 0 saturated carbocycles. The van der Waals surface area contributed by atoms with Crippen LogP contribution in [-0.4, -0.2) is 30.0 Å². The smallest absolute Gasteiger partial charge is 0.331 e. The van der Waals surface area contributed by atoms with E-state index in [0.717, 1.165) is 46.1 Å². The molecule has 0 aliphatic heterocycles. The summed E-state index contributed by atoms with van der Waals surface area (Å²) in [5.41, 5.74) is 9.29. The van der Waals surface area contributed by atoms with Crippen LogP contribution in [0.2, 0.25) is 0 Å². The Kier molecular flexibility index (Phi) is 5.28. The lowest BCUT2D eigenvalue weighted by molar-refractivity contribution is 0.710. The number of hydrogen-bond donors (Lipinski definition) is 4. The van der Waals surface area contributed by atoms with Gasteiger partial charge in [-0.25, -0.2) is 4.79 Å². The summed E-state index contributed by atoms with van der Waals surface area (Å²) in [4.78, 5) is 19.0. The van der Waals surface area contributed by atoms with Crippen molar-refractivity contribution < 1.29 is 0 Å². The van der Waals surface area contributed by atoms with Gasteiger partial charge >= 0.3 is 5.69 Å². The fraction of sp³-hybridized carbons (Fsp3) is 0.125. The number of benzene rings is 2. The summed E-state index contributed by atoms with van der Waals surface area (Å²) < 4.78 is 3.71. The van der Waals surface area contributed by atoms with Crippen LogP contribution < -0.4 is 11.4 Å². The van der Waals surface area contributed by atoms with Crippen LogP contribution in [0, 0.1) is 16.7 Å². The molecule has 8 nitrogen and oxygen atoms in total. The van der Waals surface area contributed by atoms with Crippen LogP contribution in [0.4, 0.5) is 0 Å². The number of aromatic nitrogens is 4. The number of aromatic amines is 2. The molecule has 5 rings (SSSR count). The summed E-state index contributed by atoms with van der Waals surface area (Å²) in [5, 5.41) is 19.2. The van der Waals surface area contributed by atoms with Crippen LogP contribution in [0.15, 0.2) is 65.7 Å². The highest BCUT2D eigenvalue weighted by atomic mass is 32.2. The predicted octanol–water partition coefficient (Wildman–Crippen LogP) is 4.16. The molecule has 0 aliphatic carbocycles. The third-order valence-corrected chi connectivity index (χ3v) is 6.46. The zero-order chi connectivity index (χ0) is 22.9. The van der Waals surface area contributed by atoms with E-state index >= 15 is 0 Å². The van der Waals surface area contributed by atoms with Crippen molar-refractivity contribution in [3.8, 4) is 23.0 Å². The fourth-order valence-electron chi connectivity index (χ4n) is 4.28. The quantitative estimate of drug-likeness (QED) is 0.174. The molecule has 2 aromatic carbocycles. The van der Waals surface area contributed by atoms with Crippen molar-refractivity contribution in [2.24, 2.45) is 5.73 Å². The Morgan fingerprint density at radius 2 is 1.91 bits per heavy atom. The van der Waals surface area contributed by atoms with Crippen LogP contribution in [0.25, 0.3) is 38.8 Å². The molecule has 33 heavy (non-hydrogen) atoms. The summed E-state index contributed by atoms with van der Waals surface area (Å²) in [6.07, 6.45) is 4.62. The number of fused-ring (bicyclic) bond motifs is 2. The highest BCUT2D eigenvalue weighted by molar-refractivity contribution is 8.13. The molecule has 0 fully saturated rings. The molecule has 0 unspecified atom stereocenters. The van der Waals surface area contributed by atoms with Crippen LogP contribution in [0.1, 0.15) is 12.1 Å². The number of thioether (sulfide) groups is 1. The molecule has 0 bridgehead atoms. The van der Waals surface area contributed by atoms with Gasteiger partial charge in [0.1, 0.15) is 11.8 Å². The summed E-state index contributed by atoms with van der Waals surface area (Å²) in [6, 6.07) is 17.9. The average Bonchev–Trinajstić information content (AvgIpc) is 3.49. The minimum atomic E-state index is -0.360. The number of nitrogens with one attached hydrogen (secondary N) is 3. The lowest BCUT2D eigenvalue weighted by Crippen LogP contribution is -2.15. The second kappa shape index (κ2) is 8.41. The summed E-state index contributed by atoms with van der Waals surface area (Å²) in [6.45, 7) is 0.727. The molecule has 0 radical (unpaired) electrons. The normalized spacial score (nSPS) is 11.2. The van der Waals surface area contributed by atoms with Crippen LogP contribution >= 0.6 is 11.8 Å². The van der Waals surface area contributed by atoms with Gasteiger partial charge in [-0.05, 0) is 18.6 Å². The summed E-state index contributed by atoms with van der Waals surface area (Å²) in [7, 11) is 0. The molecule has 0 atom stereocenters. The predicted molar refractivity (Wildman–Crippen MR) is 133 cm³/mol. The number of amidine groups is 1. The molecule has 3 aromatic heterocycles. The number of para-hydroxylation sites is 2. The van der Waals surface area contributed by atoms with E-state index in [9.17, 15) is 10.1 Å². The van der Waals surface area contributed by atoms with Crippen molar-refractivity contribution in [1.82, 2.24) is 19.1 Å². The Hall–Kier alpha value is -4.16. The lowest BCUT2D eigenvalue weighted by atomic mass is 10.1. The highest BCUT2D eigenvalue weighted by Crippen LogP contribution is 2.34. The minimum Gasteiger partial charge on any atom is -0.379 e. The van der Waals surface area contributed by atoms with Gasteiger partial charge in [-0.2, -0.15) is 5.26 Å². The molecule has 0 saturated heterocycles. The van der Waals surface area contributed by atoms with Crippen molar-refractivity contribution in [2.75, 3.05) is 5.75 Å². The van der Waals surface area contributed by atoms with Crippen LogP contribution in [0.3, 0.4) is 0 Å². The summed E-state index contributed by atoms with van der Waals surface area (Å²) >= 11 is 1.32. The van der Waals surface area contributed by atoms with Crippen molar-refractivity contribution >= 4 is 38.7 Å². The van der Waals surface area contributed by atoms with Gasteiger partial charge < -0.3 is 15.3 Å². The number of hydrogen-bond acceptors (Lipinski definition) is 4. The van der Waals surface area contributed by atoms with E-state index in [1.54, 1.807) is 10.8 Å². The van der Waals surface area contributed by atoms with E-state index in [0.29, 0.717) is 11.4 Å². The molecular formula is C24H21N7OS. The van der Waals surface area contributed by atoms with Crippen molar-refractivity contribution in [1.29, 1.82) is 10.7 Å². The average molecular weight is 456 g/mol. The molecule has 0 spiro atoms. The number of H-pyrrole nitrogens is 2. The SMILES string of the molecule is N#Cc1[nH]c(=O)n(-c2c[nH]c3ccccc23)c1-c1cn(CCCSC(=N)N)c2ccccc12. The first-order valence-electron chi connectivity index (χ1n) is 10.4. The van der Waals surface area contributed by atoms with E-state index in [2.05, 4.69) is 20.6 Å². The third-order valence-electron chi connectivity index (χ3n) is 5.66. The topological polar surface area (TPSA) is 132 Å². The minimum absolute atomic E-state index is 0.113. The van der Waals surface area contributed by atoms with Gasteiger partial charge in [0, 0.05) is 52.1 Å². The number of nitrogens with two attached hydrogens (primary N) is 1. The Balaban J connectivity index is 1.69. The first kappa shape index (κ1) is 20.7. The third kappa shape index (κ3) is 3.60. The Morgan fingerprint density at radius 3 is 2.70 bits per heavy atom. The monoisotopic (exact) mass is 455 g/mol. The molecular weight excluding hydrogens is 434 g/mol. The van der Waals surface area contributed by atoms with Crippen molar-refractivity contribution in [3.63, 3.8) is 0 Å². The van der Waals surface area contributed by atoms with Crippen molar-refractivity contribution in [3.05, 3.63) is 77.1 Å². The van der Waals surface area contributed by atoms with Gasteiger partial charge in [-0.3, -0.25) is 15.0 Å².